The molecule has 2 aliphatic heterocycles. The summed E-state index contributed by atoms with van der Waals surface area (Å²) < 4.78 is 17.9. The van der Waals surface area contributed by atoms with Crippen LogP contribution in [0.15, 0.2) is 96.8 Å². The van der Waals surface area contributed by atoms with Crippen LogP contribution in [0.2, 0.25) is 0 Å². The van der Waals surface area contributed by atoms with Gasteiger partial charge >= 0.3 is 0 Å². The number of carbonyl (C=O) groups excluding carboxylic acids is 2. The zero-order valence-corrected chi connectivity index (χ0v) is 24.0. The Hall–Kier alpha value is -5.11. The van der Waals surface area contributed by atoms with Crippen LogP contribution < -0.4 is 14.2 Å². The molecule has 2 atom stereocenters. The van der Waals surface area contributed by atoms with E-state index in [-0.39, 0.29) is 24.0 Å². The van der Waals surface area contributed by atoms with Gasteiger partial charge < -0.3 is 24.2 Å². The first kappa shape index (κ1) is 28.0. The summed E-state index contributed by atoms with van der Waals surface area (Å²) in [6.07, 6.45) is 4.02. The average Bonchev–Trinajstić information content (AvgIpc) is 3.52. The largest absolute Gasteiger partial charge is 0.507 e. The number of benzene rings is 3. The van der Waals surface area contributed by atoms with Crippen LogP contribution in [-0.4, -0.2) is 39.4 Å². The standard InChI is InChI=1S/C35H32N2O6/c1-3-41-30-18-25(11-14-29(30)42-21-23-8-5-4-6-9-23)32-31(33(38)26-12-13-28-27(17-26)16-22(2)43-28)34(39)35(40)37(32)20-24-10-7-15-36-19-24/h4-15,17-19,22,32,38H,3,16,20-21H2,1-2H3/b33-31+/t22-,32-/m0/s1. The normalized spacial score (nSPS) is 18.8. The van der Waals surface area contributed by atoms with E-state index in [2.05, 4.69) is 4.98 Å². The van der Waals surface area contributed by atoms with Crippen molar-refractivity contribution in [2.45, 2.75) is 45.6 Å². The lowest BCUT2D eigenvalue weighted by atomic mass is 9.94. The molecule has 2 aliphatic rings. The zero-order valence-electron chi connectivity index (χ0n) is 24.0. The van der Waals surface area contributed by atoms with Gasteiger partial charge in [0.2, 0.25) is 0 Å². The van der Waals surface area contributed by atoms with Gasteiger partial charge in [-0.1, -0.05) is 42.5 Å². The van der Waals surface area contributed by atoms with E-state index in [1.165, 1.54) is 4.90 Å². The van der Waals surface area contributed by atoms with Crippen LogP contribution >= 0.6 is 0 Å². The number of aliphatic hydroxyl groups excluding tert-OH is 1. The van der Waals surface area contributed by atoms with E-state index in [1.54, 1.807) is 48.8 Å². The van der Waals surface area contributed by atoms with Crippen molar-refractivity contribution in [3.8, 4) is 17.2 Å². The number of rotatable bonds is 9. The maximum atomic E-state index is 13.6. The molecule has 43 heavy (non-hydrogen) atoms. The molecule has 0 radical (unpaired) electrons. The fourth-order valence-corrected chi connectivity index (χ4v) is 5.62. The Morgan fingerprint density at radius 3 is 2.56 bits per heavy atom. The number of amides is 1. The first-order valence-electron chi connectivity index (χ1n) is 14.3. The minimum absolute atomic E-state index is 0.0150. The number of hydrogen-bond acceptors (Lipinski definition) is 7. The minimum Gasteiger partial charge on any atom is -0.507 e. The van der Waals surface area contributed by atoms with Gasteiger partial charge in [0.05, 0.1) is 18.2 Å². The molecule has 1 N–H and O–H groups in total. The molecule has 1 saturated heterocycles. The van der Waals surface area contributed by atoms with Crippen LogP contribution in [0.4, 0.5) is 0 Å². The number of carbonyl (C=O) groups is 2. The van der Waals surface area contributed by atoms with Crippen molar-refractivity contribution in [1.82, 2.24) is 9.88 Å². The van der Waals surface area contributed by atoms with Crippen molar-refractivity contribution >= 4 is 17.4 Å². The summed E-state index contributed by atoms with van der Waals surface area (Å²) in [5, 5.41) is 11.6. The summed E-state index contributed by atoms with van der Waals surface area (Å²) in [5.41, 5.74) is 3.78. The summed E-state index contributed by atoms with van der Waals surface area (Å²) in [4.78, 5) is 32.8. The maximum Gasteiger partial charge on any atom is 0.295 e. The highest BCUT2D eigenvalue weighted by Crippen LogP contribution is 2.43. The van der Waals surface area contributed by atoms with Gasteiger partial charge in [-0.05, 0) is 72.5 Å². The summed E-state index contributed by atoms with van der Waals surface area (Å²) in [6, 6.07) is 23.3. The Balaban J connectivity index is 1.43. The lowest BCUT2D eigenvalue weighted by Gasteiger charge is -2.26. The number of pyridine rings is 1. The number of ketones is 1. The molecule has 1 amide bonds. The summed E-state index contributed by atoms with van der Waals surface area (Å²) >= 11 is 0. The number of hydrogen-bond donors (Lipinski definition) is 1. The number of aromatic nitrogens is 1. The molecule has 1 fully saturated rings. The number of nitrogens with zero attached hydrogens (tertiary/aromatic N) is 2. The van der Waals surface area contributed by atoms with E-state index in [9.17, 15) is 14.7 Å². The van der Waals surface area contributed by atoms with Crippen molar-refractivity contribution in [2.75, 3.05) is 6.61 Å². The molecule has 3 heterocycles. The zero-order chi connectivity index (χ0) is 29.9. The van der Waals surface area contributed by atoms with Gasteiger partial charge in [-0.25, -0.2) is 0 Å². The van der Waals surface area contributed by atoms with Crippen molar-refractivity contribution in [3.63, 3.8) is 0 Å². The Bertz CT molecular complexity index is 1690. The number of aliphatic hydroxyl groups is 1. The second-order valence-corrected chi connectivity index (χ2v) is 10.7. The highest BCUT2D eigenvalue weighted by molar-refractivity contribution is 6.46. The highest BCUT2D eigenvalue weighted by Gasteiger charge is 2.46. The van der Waals surface area contributed by atoms with E-state index in [1.807, 2.05) is 56.3 Å². The molecule has 0 aliphatic carbocycles. The Kier molecular flexibility index (Phi) is 7.83. The predicted molar refractivity (Wildman–Crippen MR) is 161 cm³/mol. The van der Waals surface area contributed by atoms with Crippen molar-refractivity contribution in [3.05, 3.63) is 125 Å². The molecule has 0 spiro atoms. The maximum absolute atomic E-state index is 13.6. The predicted octanol–water partition coefficient (Wildman–Crippen LogP) is 6.00. The van der Waals surface area contributed by atoms with Crippen LogP contribution in [0.3, 0.4) is 0 Å². The lowest BCUT2D eigenvalue weighted by molar-refractivity contribution is -0.140. The van der Waals surface area contributed by atoms with Gasteiger partial charge in [-0.15, -0.1) is 0 Å². The van der Waals surface area contributed by atoms with Gasteiger partial charge in [-0.2, -0.15) is 0 Å². The number of likely N-dealkylation sites (tertiary alicyclic amines) is 1. The fraction of sp³-hybridized carbons (Fsp3) is 0.229. The Morgan fingerprint density at radius 2 is 1.79 bits per heavy atom. The first-order valence-corrected chi connectivity index (χ1v) is 14.3. The molecule has 0 saturated carbocycles. The molecule has 8 nitrogen and oxygen atoms in total. The molecule has 0 unspecified atom stereocenters. The van der Waals surface area contributed by atoms with Crippen molar-refractivity contribution in [1.29, 1.82) is 0 Å². The van der Waals surface area contributed by atoms with Crippen LogP contribution in [0.5, 0.6) is 17.2 Å². The molecule has 0 bridgehead atoms. The third-order valence-electron chi connectivity index (χ3n) is 7.61. The summed E-state index contributed by atoms with van der Waals surface area (Å²) in [5.74, 6) is 0.0829. The summed E-state index contributed by atoms with van der Waals surface area (Å²) in [7, 11) is 0. The minimum atomic E-state index is -0.869. The third kappa shape index (κ3) is 5.68. The van der Waals surface area contributed by atoms with Gasteiger partial charge in [0, 0.05) is 30.9 Å². The molecule has 6 rings (SSSR count). The van der Waals surface area contributed by atoms with Crippen molar-refractivity contribution < 1.29 is 28.9 Å². The second-order valence-electron chi connectivity index (χ2n) is 10.7. The fourth-order valence-electron chi connectivity index (χ4n) is 5.62. The third-order valence-corrected chi connectivity index (χ3v) is 7.61. The number of Topliss-reactive ketones (excluding diaryl/α,β-unsaturated/α-hetero) is 1. The van der Waals surface area contributed by atoms with Gasteiger partial charge in [0.1, 0.15) is 24.2 Å². The molecule has 3 aromatic carbocycles. The average molecular weight is 577 g/mol. The SMILES string of the molecule is CCOc1cc([C@H]2/C(=C(\O)c3ccc4c(c3)C[C@H](C)O4)C(=O)C(=O)N2Cc2cccnc2)ccc1OCc1ccccc1. The van der Waals surface area contributed by atoms with Crippen LogP contribution in [0.1, 0.15) is 47.7 Å². The number of fused-ring (bicyclic) bond motifs is 1. The van der Waals surface area contributed by atoms with E-state index in [0.29, 0.717) is 42.3 Å². The molecule has 1 aromatic heterocycles. The van der Waals surface area contributed by atoms with Crippen LogP contribution in [0.25, 0.3) is 5.76 Å². The molecule has 4 aromatic rings. The van der Waals surface area contributed by atoms with Crippen molar-refractivity contribution in [2.24, 2.45) is 0 Å². The highest BCUT2D eigenvalue weighted by atomic mass is 16.5. The Labute approximate surface area is 250 Å². The molecule has 8 heteroatoms. The van der Waals surface area contributed by atoms with Gasteiger partial charge in [0.15, 0.2) is 11.5 Å². The molecular weight excluding hydrogens is 544 g/mol. The van der Waals surface area contributed by atoms with Crippen LogP contribution in [-0.2, 0) is 29.2 Å². The van der Waals surface area contributed by atoms with E-state index in [4.69, 9.17) is 14.2 Å². The van der Waals surface area contributed by atoms with Gasteiger partial charge in [-0.3, -0.25) is 14.6 Å². The molecule has 218 valence electrons. The Morgan fingerprint density at radius 1 is 0.977 bits per heavy atom. The second kappa shape index (κ2) is 12.0. The summed E-state index contributed by atoms with van der Waals surface area (Å²) in [6.45, 7) is 4.72. The smallest absolute Gasteiger partial charge is 0.295 e. The number of ether oxygens (including phenoxy) is 3. The van der Waals surface area contributed by atoms with Gasteiger partial charge in [0.25, 0.3) is 11.7 Å². The quantitative estimate of drug-likeness (QED) is 0.148. The van der Waals surface area contributed by atoms with E-state index < -0.39 is 17.7 Å². The van der Waals surface area contributed by atoms with Crippen LogP contribution in [0, 0.1) is 0 Å². The van der Waals surface area contributed by atoms with E-state index in [0.717, 1.165) is 22.4 Å². The lowest BCUT2D eigenvalue weighted by Crippen LogP contribution is -2.29. The monoisotopic (exact) mass is 576 g/mol. The topological polar surface area (TPSA) is 98.2 Å². The molecular formula is C35H32N2O6. The van der Waals surface area contributed by atoms with E-state index >= 15 is 0 Å². The first-order chi connectivity index (χ1) is 20.9.